The lowest BCUT2D eigenvalue weighted by Crippen LogP contribution is -2.27. The molecule has 0 fully saturated rings. The van der Waals surface area contributed by atoms with Crippen molar-refractivity contribution in [3.05, 3.63) is 6.92 Å². The highest BCUT2D eigenvalue weighted by atomic mass is 79.9. The van der Waals surface area contributed by atoms with Crippen LogP contribution in [-0.4, -0.2) is 4.83 Å². The predicted molar refractivity (Wildman–Crippen MR) is 55.9 cm³/mol. The van der Waals surface area contributed by atoms with Crippen LogP contribution in [0.3, 0.4) is 0 Å². The molecule has 0 nitrogen and oxygen atoms in total. The molecule has 2 unspecified atom stereocenters. The smallest absolute Gasteiger partial charge is 0.0176 e. The van der Waals surface area contributed by atoms with E-state index in [2.05, 4.69) is 50.5 Å². The molecule has 1 heteroatoms. The van der Waals surface area contributed by atoms with Crippen molar-refractivity contribution in [2.45, 2.75) is 45.4 Å². The van der Waals surface area contributed by atoms with E-state index in [-0.39, 0.29) is 0 Å². The first-order valence-corrected chi connectivity index (χ1v) is 5.30. The summed E-state index contributed by atoms with van der Waals surface area (Å²) in [7, 11) is 0. The van der Waals surface area contributed by atoms with Gasteiger partial charge in [-0.2, -0.15) is 0 Å². The zero-order valence-corrected chi connectivity index (χ0v) is 9.74. The van der Waals surface area contributed by atoms with Crippen LogP contribution in [0.4, 0.5) is 0 Å². The molecule has 0 aliphatic rings. The molecule has 0 spiro atoms. The second kappa shape index (κ2) is 4.49. The van der Waals surface area contributed by atoms with Crippen molar-refractivity contribution in [1.82, 2.24) is 0 Å². The van der Waals surface area contributed by atoms with Crippen LogP contribution in [0.15, 0.2) is 0 Å². The Hall–Kier alpha value is 0.480. The van der Waals surface area contributed by atoms with Crippen molar-refractivity contribution >= 4 is 15.9 Å². The van der Waals surface area contributed by atoms with E-state index in [1.165, 1.54) is 12.8 Å². The van der Waals surface area contributed by atoms with E-state index in [0.717, 1.165) is 0 Å². The van der Waals surface area contributed by atoms with Crippen LogP contribution in [0.5, 0.6) is 0 Å². The highest BCUT2D eigenvalue weighted by Gasteiger charge is 2.27. The van der Waals surface area contributed by atoms with Crippen molar-refractivity contribution in [3.8, 4) is 0 Å². The standard InChI is InChI=1S/C10H20Br/c1-6-7-10(4,5)8(2)9(3)11/h8-9H,3,6-7H2,1-2,4-5H3. The van der Waals surface area contributed by atoms with Gasteiger partial charge in [-0.05, 0) is 24.7 Å². The molecule has 2 atom stereocenters. The normalized spacial score (nSPS) is 18.0. The molecule has 0 heterocycles. The highest BCUT2D eigenvalue weighted by Crippen LogP contribution is 2.35. The van der Waals surface area contributed by atoms with Crippen LogP contribution in [0.25, 0.3) is 0 Å². The Morgan fingerprint density at radius 2 is 1.91 bits per heavy atom. The van der Waals surface area contributed by atoms with Crippen LogP contribution in [0, 0.1) is 18.3 Å². The fraction of sp³-hybridized carbons (Fsp3) is 0.900. The van der Waals surface area contributed by atoms with E-state index in [4.69, 9.17) is 0 Å². The molecule has 0 aliphatic carbocycles. The molecule has 0 N–H and O–H groups in total. The van der Waals surface area contributed by atoms with Crippen LogP contribution < -0.4 is 0 Å². The fourth-order valence-corrected chi connectivity index (χ4v) is 2.08. The van der Waals surface area contributed by atoms with Gasteiger partial charge in [0.25, 0.3) is 0 Å². The average Bonchev–Trinajstić information content (AvgIpc) is 1.86. The molecule has 0 saturated carbocycles. The van der Waals surface area contributed by atoms with Gasteiger partial charge in [-0.25, -0.2) is 0 Å². The second-order valence-corrected chi connectivity index (χ2v) is 5.22. The maximum Gasteiger partial charge on any atom is 0.0176 e. The Bertz CT molecular complexity index is 105. The lowest BCUT2D eigenvalue weighted by atomic mass is 9.75. The third-order valence-electron chi connectivity index (χ3n) is 2.67. The monoisotopic (exact) mass is 219 g/mol. The molecule has 11 heavy (non-hydrogen) atoms. The van der Waals surface area contributed by atoms with E-state index in [1.807, 2.05) is 0 Å². The molecular formula is C10H20Br. The van der Waals surface area contributed by atoms with Gasteiger partial charge in [-0.1, -0.05) is 50.0 Å². The molecule has 0 bridgehead atoms. The third kappa shape index (κ3) is 3.59. The number of rotatable bonds is 4. The molecule has 0 rings (SSSR count). The van der Waals surface area contributed by atoms with E-state index in [1.54, 1.807) is 0 Å². The quantitative estimate of drug-likeness (QED) is 0.627. The first-order chi connectivity index (χ1) is 4.91. The summed E-state index contributed by atoms with van der Waals surface area (Å²) in [6.07, 6.45) is 2.54. The van der Waals surface area contributed by atoms with Gasteiger partial charge in [-0.15, -0.1) is 0 Å². The molecule has 0 aromatic rings. The minimum absolute atomic E-state index is 0.379. The maximum absolute atomic E-state index is 4.00. The summed E-state index contributed by atoms with van der Waals surface area (Å²) in [5, 5.41) is 0. The molecule has 0 aliphatic heterocycles. The highest BCUT2D eigenvalue weighted by molar-refractivity contribution is 9.09. The van der Waals surface area contributed by atoms with Crippen molar-refractivity contribution in [3.63, 3.8) is 0 Å². The molecule has 0 aromatic carbocycles. The van der Waals surface area contributed by atoms with E-state index >= 15 is 0 Å². The van der Waals surface area contributed by atoms with Crippen LogP contribution in [0.2, 0.25) is 0 Å². The zero-order valence-electron chi connectivity index (χ0n) is 8.15. The SMILES string of the molecule is [CH2]C(Br)C(C)C(C)(C)CCC. The summed E-state index contributed by atoms with van der Waals surface area (Å²) in [5.74, 6) is 0.641. The minimum atomic E-state index is 0.379. The van der Waals surface area contributed by atoms with E-state index in [9.17, 15) is 0 Å². The first-order valence-electron chi connectivity index (χ1n) is 4.39. The van der Waals surface area contributed by atoms with E-state index < -0.39 is 0 Å². The van der Waals surface area contributed by atoms with Crippen molar-refractivity contribution in [1.29, 1.82) is 0 Å². The Balaban J connectivity index is 4.05. The second-order valence-electron chi connectivity index (χ2n) is 4.04. The summed E-state index contributed by atoms with van der Waals surface area (Å²) < 4.78 is 0. The van der Waals surface area contributed by atoms with Crippen LogP contribution in [-0.2, 0) is 0 Å². The van der Waals surface area contributed by atoms with Gasteiger partial charge in [0.2, 0.25) is 0 Å². The number of halogens is 1. The minimum Gasteiger partial charge on any atom is -0.0888 e. The Kier molecular flexibility index (Phi) is 4.69. The third-order valence-corrected chi connectivity index (χ3v) is 3.46. The summed E-state index contributed by atoms with van der Waals surface area (Å²) in [6, 6.07) is 0. The summed E-state index contributed by atoms with van der Waals surface area (Å²) >= 11 is 3.53. The van der Waals surface area contributed by atoms with Crippen molar-refractivity contribution in [2.24, 2.45) is 11.3 Å². The van der Waals surface area contributed by atoms with Gasteiger partial charge < -0.3 is 0 Å². The molecule has 0 amide bonds. The van der Waals surface area contributed by atoms with E-state index in [0.29, 0.717) is 16.2 Å². The van der Waals surface area contributed by atoms with Gasteiger partial charge in [0.05, 0.1) is 0 Å². The van der Waals surface area contributed by atoms with Crippen molar-refractivity contribution in [2.75, 3.05) is 0 Å². The molecule has 1 radical (unpaired) electrons. The van der Waals surface area contributed by atoms with Gasteiger partial charge in [0, 0.05) is 4.83 Å². The Labute approximate surface area is 79.9 Å². The number of hydrogen-bond donors (Lipinski definition) is 0. The van der Waals surface area contributed by atoms with Gasteiger partial charge >= 0.3 is 0 Å². The predicted octanol–water partition coefficient (Wildman–Crippen LogP) is 4.05. The molecular weight excluding hydrogens is 200 g/mol. The molecule has 67 valence electrons. The van der Waals surface area contributed by atoms with Crippen LogP contribution in [0.1, 0.15) is 40.5 Å². The number of hydrogen-bond acceptors (Lipinski definition) is 0. The van der Waals surface area contributed by atoms with Gasteiger partial charge in [0.1, 0.15) is 0 Å². The maximum atomic E-state index is 4.00. The molecule has 0 saturated heterocycles. The van der Waals surface area contributed by atoms with Crippen LogP contribution >= 0.6 is 15.9 Å². The lowest BCUT2D eigenvalue weighted by molar-refractivity contribution is 0.217. The Morgan fingerprint density at radius 1 is 1.45 bits per heavy atom. The van der Waals surface area contributed by atoms with Gasteiger partial charge in [0.15, 0.2) is 0 Å². The summed E-state index contributed by atoms with van der Waals surface area (Å²) in [4.78, 5) is 0.379. The Morgan fingerprint density at radius 3 is 2.18 bits per heavy atom. The largest absolute Gasteiger partial charge is 0.0888 e. The van der Waals surface area contributed by atoms with Gasteiger partial charge in [-0.3, -0.25) is 0 Å². The summed E-state index contributed by atoms with van der Waals surface area (Å²) in [6.45, 7) is 13.1. The average molecular weight is 220 g/mol. The lowest BCUT2D eigenvalue weighted by Gasteiger charge is -2.33. The summed E-state index contributed by atoms with van der Waals surface area (Å²) in [5.41, 5.74) is 0.421. The number of alkyl halides is 1. The van der Waals surface area contributed by atoms with Crippen molar-refractivity contribution < 1.29 is 0 Å². The first kappa shape index (κ1) is 11.5. The fourth-order valence-electron chi connectivity index (χ4n) is 1.36. The zero-order chi connectivity index (χ0) is 9.07. The topological polar surface area (TPSA) is 0 Å². The molecule has 0 aromatic heterocycles.